The molecule has 1 aromatic heterocycles. The number of rotatable bonds is 6. The van der Waals surface area contributed by atoms with Gasteiger partial charge in [0.15, 0.2) is 5.16 Å². The molecule has 0 atom stereocenters. The molecule has 0 aliphatic heterocycles. The van der Waals surface area contributed by atoms with Crippen molar-refractivity contribution in [2.75, 3.05) is 18.2 Å². The number of nitrogens with one attached hydrogen (secondary N) is 1. The van der Waals surface area contributed by atoms with Crippen LogP contribution in [0.2, 0.25) is 0 Å². The van der Waals surface area contributed by atoms with Crippen molar-refractivity contribution < 1.29 is 9.53 Å². The molecular weight excluding hydrogens is 424 g/mol. The van der Waals surface area contributed by atoms with Crippen LogP contribution >= 0.6 is 11.8 Å². The highest BCUT2D eigenvalue weighted by molar-refractivity contribution is 7.99. The highest BCUT2D eigenvalue weighted by Gasteiger charge is 2.15. The van der Waals surface area contributed by atoms with E-state index in [4.69, 9.17) is 4.74 Å². The van der Waals surface area contributed by atoms with E-state index in [1.807, 2.05) is 6.07 Å². The lowest BCUT2D eigenvalue weighted by atomic mass is 10.2. The Hall–Kier alpha value is -4.09. The highest BCUT2D eigenvalue weighted by Crippen LogP contribution is 2.23. The van der Waals surface area contributed by atoms with E-state index in [-0.39, 0.29) is 17.2 Å². The third-order valence-corrected chi connectivity index (χ3v) is 5.67. The Bertz CT molecular complexity index is 1390. The van der Waals surface area contributed by atoms with Gasteiger partial charge in [0.2, 0.25) is 5.91 Å². The van der Waals surface area contributed by atoms with Gasteiger partial charge in [0.25, 0.3) is 5.56 Å². The molecule has 0 spiro atoms. The number of benzene rings is 3. The minimum atomic E-state index is -0.304. The van der Waals surface area contributed by atoms with Crippen molar-refractivity contribution in [1.82, 2.24) is 9.55 Å². The summed E-state index contributed by atoms with van der Waals surface area (Å²) in [7, 11) is 1.57. The SMILES string of the molecule is COc1ccc(-n2c(SCC(=O)Nc3ccccc3C#N)nc3ccccc3c2=O)cc1. The first kappa shape index (κ1) is 21.2. The second-order valence-electron chi connectivity index (χ2n) is 6.74. The van der Waals surface area contributed by atoms with Crippen LogP contribution in [-0.4, -0.2) is 28.3 Å². The Morgan fingerprint density at radius 3 is 2.56 bits per heavy atom. The van der Waals surface area contributed by atoms with Gasteiger partial charge < -0.3 is 10.1 Å². The van der Waals surface area contributed by atoms with Gasteiger partial charge >= 0.3 is 0 Å². The number of hydrogen-bond acceptors (Lipinski definition) is 6. The molecule has 4 aromatic rings. The van der Waals surface area contributed by atoms with Crippen molar-refractivity contribution in [3.05, 3.63) is 88.7 Å². The van der Waals surface area contributed by atoms with E-state index in [0.717, 1.165) is 11.8 Å². The zero-order valence-electron chi connectivity index (χ0n) is 17.1. The van der Waals surface area contributed by atoms with Gasteiger partial charge in [0.05, 0.1) is 40.7 Å². The number of thioether (sulfide) groups is 1. The number of anilines is 1. The summed E-state index contributed by atoms with van der Waals surface area (Å²) in [5.41, 5.74) is 1.77. The first-order chi connectivity index (χ1) is 15.6. The first-order valence-electron chi connectivity index (χ1n) is 9.68. The Morgan fingerprint density at radius 1 is 1.09 bits per heavy atom. The molecule has 8 heteroatoms. The van der Waals surface area contributed by atoms with Crippen molar-refractivity contribution in [1.29, 1.82) is 5.26 Å². The van der Waals surface area contributed by atoms with Gasteiger partial charge in [-0.25, -0.2) is 4.98 Å². The van der Waals surface area contributed by atoms with Crippen LogP contribution in [0.15, 0.2) is 82.7 Å². The van der Waals surface area contributed by atoms with Crippen LogP contribution in [0.3, 0.4) is 0 Å². The average molecular weight is 443 g/mol. The predicted octanol–water partition coefficient (Wildman–Crippen LogP) is 4.00. The van der Waals surface area contributed by atoms with Gasteiger partial charge in [-0.1, -0.05) is 36.0 Å². The number of fused-ring (bicyclic) bond motifs is 1. The van der Waals surface area contributed by atoms with E-state index in [1.165, 1.54) is 4.57 Å². The van der Waals surface area contributed by atoms with Gasteiger partial charge in [-0.2, -0.15) is 5.26 Å². The average Bonchev–Trinajstić information content (AvgIpc) is 2.83. The summed E-state index contributed by atoms with van der Waals surface area (Å²) >= 11 is 1.15. The molecule has 1 heterocycles. The van der Waals surface area contributed by atoms with Crippen LogP contribution in [0, 0.1) is 11.3 Å². The van der Waals surface area contributed by atoms with Crippen LogP contribution in [0.5, 0.6) is 5.75 Å². The molecule has 0 unspecified atom stereocenters. The van der Waals surface area contributed by atoms with E-state index in [0.29, 0.717) is 38.7 Å². The van der Waals surface area contributed by atoms with Gasteiger partial charge in [0, 0.05) is 0 Å². The highest BCUT2D eigenvalue weighted by atomic mass is 32.2. The largest absolute Gasteiger partial charge is 0.497 e. The molecule has 0 saturated carbocycles. The quantitative estimate of drug-likeness (QED) is 0.358. The third-order valence-electron chi connectivity index (χ3n) is 4.73. The Kier molecular flexibility index (Phi) is 6.19. The fourth-order valence-corrected chi connectivity index (χ4v) is 3.99. The van der Waals surface area contributed by atoms with Crippen LogP contribution in [-0.2, 0) is 4.79 Å². The molecule has 1 N–H and O–H groups in total. The fraction of sp³-hybridized carbons (Fsp3) is 0.0833. The summed E-state index contributed by atoms with van der Waals surface area (Å²) in [6.45, 7) is 0. The molecule has 0 bridgehead atoms. The normalized spacial score (nSPS) is 10.5. The molecular formula is C24H18N4O3S. The number of carbonyl (C=O) groups excluding carboxylic acids is 1. The number of nitrogens with zero attached hydrogens (tertiary/aromatic N) is 3. The Balaban J connectivity index is 1.67. The van der Waals surface area contributed by atoms with E-state index < -0.39 is 0 Å². The van der Waals surface area contributed by atoms with Gasteiger partial charge in [-0.05, 0) is 48.5 Å². The molecule has 158 valence electrons. The van der Waals surface area contributed by atoms with Crippen LogP contribution in [0.25, 0.3) is 16.6 Å². The lowest BCUT2D eigenvalue weighted by Crippen LogP contribution is -2.23. The maximum atomic E-state index is 13.3. The number of methoxy groups -OCH3 is 1. The minimum Gasteiger partial charge on any atom is -0.497 e. The Morgan fingerprint density at radius 2 is 1.81 bits per heavy atom. The summed E-state index contributed by atoms with van der Waals surface area (Å²) in [4.78, 5) is 30.5. The van der Waals surface area contributed by atoms with E-state index >= 15 is 0 Å². The molecule has 32 heavy (non-hydrogen) atoms. The van der Waals surface area contributed by atoms with Crippen molar-refractivity contribution in [2.24, 2.45) is 0 Å². The molecule has 0 aliphatic rings. The van der Waals surface area contributed by atoms with Crippen molar-refractivity contribution >= 4 is 34.3 Å². The van der Waals surface area contributed by atoms with Crippen molar-refractivity contribution in [3.8, 4) is 17.5 Å². The maximum Gasteiger partial charge on any atom is 0.266 e. The lowest BCUT2D eigenvalue weighted by molar-refractivity contribution is -0.113. The second kappa shape index (κ2) is 9.37. The molecule has 0 fully saturated rings. The molecule has 0 saturated heterocycles. The van der Waals surface area contributed by atoms with Crippen molar-refractivity contribution in [2.45, 2.75) is 5.16 Å². The summed E-state index contributed by atoms with van der Waals surface area (Å²) in [6.07, 6.45) is 0. The topological polar surface area (TPSA) is 97.0 Å². The molecule has 4 rings (SSSR count). The van der Waals surface area contributed by atoms with Gasteiger partial charge in [0.1, 0.15) is 11.8 Å². The summed E-state index contributed by atoms with van der Waals surface area (Å²) in [6, 6.07) is 23.0. The first-order valence-corrected chi connectivity index (χ1v) is 10.7. The molecule has 0 aliphatic carbocycles. The number of amides is 1. The summed E-state index contributed by atoms with van der Waals surface area (Å²) < 4.78 is 6.70. The standard InChI is InChI=1S/C24H18N4O3S/c1-31-18-12-10-17(11-13-18)28-23(30)19-7-3-5-9-21(19)27-24(28)32-15-22(29)26-20-8-4-2-6-16(20)14-25/h2-13H,15H2,1H3,(H,26,29). The van der Waals surface area contributed by atoms with E-state index in [1.54, 1.807) is 73.8 Å². The number of aromatic nitrogens is 2. The summed E-state index contributed by atoms with van der Waals surface area (Å²) in [5, 5.41) is 12.8. The number of carbonyl (C=O) groups is 1. The predicted molar refractivity (Wildman–Crippen MR) is 124 cm³/mol. The van der Waals surface area contributed by atoms with Gasteiger partial charge in [-0.15, -0.1) is 0 Å². The number of nitriles is 1. The smallest absolute Gasteiger partial charge is 0.266 e. The zero-order chi connectivity index (χ0) is 22.5. The van der Waals surface area contributed by atoms with E-state index in [2.05, 4.69) is 16.4 Å². The third kappa shape index (κ3) is 4.33. The lowest BCUT2D eigenvalue weighted by Gasteiger charge is -2.14. The number of ether oxygens (including phenoxy) is 1. The maximum absolute atomic E-state index is 13.3. The van der Waals surface area contributed by atoms with Crippen LogP contribution in [0.1, 0.15) is 5.56 Å². The Labute approximate surface area is 188 Å². The number of para-hydroxylation sites is 2. The monoisotopic (exact) mass is 442 g/mol. The molecule has 3 aromatic carbocycles. The van der Waals surface area contributed by atoms with E-state index in [9.17, 15) is 14.9 Å². The molecule has 7 nitrogen and oxygen atoms in total. The van der Waals surface area contributed by atoms with Crippen LogP contribution < -0.4 is 15.6 Å². The van der Waals surface area contributed by atoms with Crippen LogP contribution in [0.4, 0.5) is 5.69 Å². The molecule has 0 radical (unpaired) electrons. The summed E-state index contributed by atoms with van der Waals surface area (Å²) in [5.74, 6) is 0.377. The number of hydrogen-bond donors (Lipinski definition) is 1. The molecule has 1 amide bonds. The van der Waals surface area contributed by atoms with Gasteiger partial charge in [-0.3, -0.25) is 14.2 Å². The zero-order valence-corrected chi connectivity index (χ0v) is 17.9. The second-order valence-corrected chi connectivity index (χ2v) is 7.69. The van der Waals surface area contributed by atoms with Crippen molar-refractivity contribution in [3.63, 3.8) is 0 Å². The minimum absolute atomic E-state index is 0.0146. The fourth-order valence-electron chi connectivity index (χ4n) is 3.17.